The van der Waals surface area contributed by atoms with E-state index in [9.17, 15) is 13.6 Å². The number of fused-ring (bicyclic) bond motifs is 1. The second kappa shape index (κ2) is 7.99. The Balaban J connectivity index is 1.47. The lowest BCUT2D eigenvalue weighted by Crippen LogP contribution is -2.44. The van der Waals surface area contributed by atoms with E-state index in [-0.39, 0.29) is 11.7 Å². The fourth-order valence-electron chi connectivity index (χ4n) is 3.82. The van der Waals surface area contributed by atoms with Gasteiger partial charge in [0, 0.05) is 4.90 Å². The van der Waals surface area contributed by atoms with Gasteiger partial charge in [-0.05, 0) is 48.7 Å². The normalized spacial score (nSPS) is 17.4. The van der Waals surface area contributed by atoms with Gasteiger partial charge in [-0.15, -0.1) is 11.8 Å². The van der Waals surface area contributed by atoms with Gasteiger partial charge in [-0.1, -0.05) is 18.9 Å². The van der Waals surface area contributed by atoms with E-state index in [1.165, 1.54) is 17.8 Å². The van der Waals surface area contributed by atoms with Crippen molar-refractivity contribution in [3.05, 3.63) is 53.6 Å². The van der Waals surface area contributed by atoms with Gasteiger partial charge >= 0.3 is 0 Å². The number of thioether (sulfide) groups is 1. The molecule has 2 aromatic carbocycles. The highest BCUT2D eigenvalue weighted by molar-refractivity contribution is 8.00. The molecule has 1 amide bonds. The van der Waals surface area contributed by atoms with Gasteiger partial charge in [-0.25, -0.2) is 8.78 Å². The summed E-state index contributed by atoms with van der Waals surface area (Å²) < 4.78 is 37.7. The zero-order valence-electron chi connectivity index (χ0n) is 15.3. The number of ether oxygens (including phenoxy) is 2. The van der Waals surface area contributed by atoms with Crippen molar-refractivity contribution < 1.29 is 23.0 Å². The molecule has 2 aliphatic rings. The number of rotatable bonds is 5. The van der Waals surface area contributed by atoms with Crippen LogP contribution in [0.5, 0.6) is 11.5 Å². The molecule has 0 atom stereocenters. The summed E-state index contributed by atoms with van der Waals surface area (Å²) in [7, 11) is 0. The smallest absolute Gasteiger partial charge is 0.231 e. The van der Waals surface area contributed by atoms with Gasteiger partial charge in [-0.3, -0.25) is 4.79 Å². The van der Waals surface area contributed by atoms with Gasteiger partial charge in [0.25, 0.3) is 0 Å². The molecule has 1 aliphatic heterocycles. The van der Waals surface area contributed by atoms with E-state index >= 15 is 0 Å². The van der Waals surface area contributed by atoms with Crippen molar-refractivity contribution in [1.82, 2.24) is 5.32 Å². The molecule has 1 heterocycles. The Morgan fingerprint density at radius 2 is 1.75 bits per heavy atom. The molecule has 0 bridgehead atoms. The Bertz CT molecular complexity index is 884. The molecule has 4 rings (SSSR count). The average Bonchev–Trinajstić information content (AvgIpc) is 3.18. The number of hydrogen-bond donors (Lipinski definition) is 1. The number of carbonyl (C=O) groups is 1. The Hall–Kier alpha value is -2.28. The largest absolute Gasteiger partial charge is 0.486 e. The van der Waals surface area contributed by atoms with Crippen LogP contribution >= 0.6 is 11.8 Å². The summed E-state index contributed by atoms with van der Waals surface area (Å²) in [5.41, 5.74) is 0.585. The maximum Gasteiger partial charge on any atom is 0.231 e. The van der Waals surface area contributed by atoms with E-state index in [1.807, 2.05) is 18.2 Å². The number of amides is 1. The molecule has 28 heavy (non-hydrogen) atoms. The highest BCUT2D eigenvalue weighted by atomic mass is 32.2. The third-order valence-electron chi connectivity index (χ3n) is 5.19. The Kier molecular flexibility index (Phi) is 5.44. The lowest BCUT2D eigenvalue weighted by atomic mass is 9.87. The summed E-state index contributed by atoms with van der Waals surface area (Å²) in [6.45, 7) is 1.05. The zero-order chi connectivity index (χ0) is 19.6. The first-order valence-electron chi connectivity index (χ1n) is 9.35. The molecule has 0 radical (unpaired) electrons. The van der Waals surface area contributed by atoms with Crippen LogP contribution in [-0.2, 0) is 10.3 Å². The molecule has 1 N–H and O–H groups in total. The Morgan fingerprint density at radius 1 is 1.00 bits per heavy atom. The van der Waals surface area contributed by atoms with Gasteiger partial charge in [-0.2, -0.15) is 0 Å². The van der Waals surface area contributed by atoms with Crippen LogP contribution in [0.15, 0.2) is 41.3 Å². The molecule has 0 aromatic heterocycles. The van der Waals surface area contributed by atoms with Crippen molar-refractivity contribution in [1.29, 1.82) is 0 Å². The lowest BCUT2D eigenvalue weighted by molar-refractivity contribution is -0.120. The van der Waals surface area contributed by atoms with E-state index in [4.69, 9.17) is 9.47 Å². The van der Waals surface area contributed by atoms with Gasteiger partial charge in [0.05, 0.1) is 11.3 Å². The van der Waals surface area contributed by atoms with E-state index in [1.54, 1.807) is 0 Å². The van der Waals surface area contributed by atoms with Gasteiger partial charge in [0.15, 0.2) is 23.1 Å². The second-order valence-electron chi connectivity index (χ2n) is 7.06. The van der Waals surface area contributed by atoms with Gasteiger partial charge < -0.3 is 14.8 Å². The maximum atomic E-state index is 13.3. The van der Waals surface area contributed by atoms with Crippen LogP contribution in [0, 0.1) is 11.6 Å². The number of hydrogen-bond acceptors (Lipinski definition) is 4. The standard InChI is InChI=1S/C21H21F2NO3S/c22-16-5-4-15(12-17(16)23)28-13-20(25)24-21(7-1-2-8-21)14-3-6-18-19(11-14)27-10-9-26-18/h3-6,11-12H,1-2,7-10,13H2,(H,24,25). The molecule has 1 aliphatic carbocycles. The molecule has 0 saturated heterocycles. The predicted octanol–water partition coefficient (Wildman–Crippen LogP) is 4.41. The molecule has 148 valence electrons. The van der Waals surface area contributed by atoms with E-state index in [2.05, 4.69) is 5.32 Å². The third-order valence-corrected chi connectivity index (χ3v) is 6.19. The summed E-state index contributed by atoms with van der Waals surface area (Å²) in [6, 6.07) is 9.50. The number of nitrogens with one attached hydrogen (secondary N) is 1. The van der Waals surface area contributed by atoms with Gasteiger partial charge in [0.2, 0.25) is 5.91 Å². The van der Waals surface area contributed by atoms with Crippen LogP contribution < -0.4 is 14.8 Å². The van der Waals surface area contributed by atoms with Crippen LogP contribution in [-0.4, -0.2) is 24.9 Å². The average molecular weight is 405 g/mol. The van der Waals surface area contributed by atoms with E-state index in [0.29, 0.717) is 23.9 Å². The SMILES string of the molecule is O=C(CSc1ccc(F)c(F)c1)NC1(c2ccc3c(c2)OCCO3)CCCC1. The third kappa shape index (κ3) is 3.94. The highest BCUT2D eigenvalue weighted by Gasteiger charge is 2.37. The molecule has 4 nitrogen and oxygen atoms in total. The van der Waals surface area contributed by atoms with E-state index < -0.39 is 17.2 Å². The van der Waals surface area contributed by atoms with Crippen LogP contribution in [0.1, 0.15) is 31.2 Å². The summed E-state index contributed by atoms with van der Waals surface area (Å²) in [4.78, 5) is 13.2. The number of halogens is 2. The Morgan fingerprint density at radius 3 is 2.50 bits per heavy atom. The fourth-order valence-corrected chi connectivity index (χ4v) is 4.54. The predicted molar refractivity (Wildman–Crippen MR) is 103 cm³/mol. The molecular formula is C21H21F2NO3S. The van der Waals surface area contributed by atoms with Crippen molar-refractivity contribution in [3.8, 4) is 11.5 Å². The molecule has 7 heteroatoms. The summed E-state index contributed by atoms with van der Waals surface area (Å²) in [6.07, 6.45) is 3.78. The fraction of sp³-hybridized carbons (Fsp3) is 0.381. The minimum atomic E-state index is -0.908. The molecule has 0 spiro atoms. The van der Waals surface area contributed by atoms with Crippen molar-refractivity contribution >= 4 is 17.7 Å². The molecule has 2 aromatic rings. The highest BCUT2D eigenvalue weighted by Crippen LogP contribution is 2.42. The number of carbonyl (C=O) groups excluding carboxylic acids is 1. The summed E-state index contributed by atoms with van der Waals surface area (Å²) in [5.74, 6) is -0.362. The minimum absolute atomic E-state index is 0.133. The summed E-state index contributed by atoms with van der Waals surface area (Å²) in [5, 5.41) is 3.19. The molecule has 1 fully saturated rings. The first kappa shape index (κ1) is 19.1. The minimum Gasteiger partial charge on any atom is -0.486 e. The monoisotopic (exact) mass is 405 g/mol. The van der Waals surface area contributed by atoms with Gasteiger partial charge in [0.1, 0.15) is 13.2 Å². The van der Waals surface area contributed by atoms with Crippen LogP contribution in [0.25, 0.3) is 0 Å². The zero-order valence-corrected chi connectivity index (χ0v) is 16.1. The lowest BCUT2D eigenvalue weighted by Gasteiger charge is -2.32. The van der Waals surface area contributed by atoms with Crippen molar-refractivity contribution in [3.63, 3.8) is 0 Å². The first-order valence-corrected chi connectivity index (χ1v) is 10.3. The number of benzene rings is 2. The van der Waals surface area contributed by atoms with Crippen molar-refractivity contribution in [2.24, 2.45) is 0 Å². The molecule has 1 saturated carbocycles. The molecular weight excluding hydrogens is 384 g/mol. The van der Waals surface area contributed by atoms with Crippen molar-refractivity contribution in [2.45, 2.75) is 36.1 Å². The van der Waals surface area contributed by atoms with Crippen LogP contribution in [0.2, 0.25) is 0 Å². The van der Waals surface area contributed by atoms with Crippen LogP contribution in [0.4, 0.5) is 8.78 Å². The van der Waals surface area contributed by atoms with E-state index in [0.717, 1.165) is 49.1 Å². The summed E-state index contributed by atoms with van der Waals surface area (Å²) >= 11 is 1.19. The maximum absolute atomic E-state index is 13.3. The second-order valence-corrected chi connectivity index (χ2v) is 8.11. The quantitative estimate of drug-likeness (QED) is 0.749. The molecule has 0 unspecified atom stereocenters. The topological polar surface area (TPSA) is 47.6 Å². The van der Waals surface area contributed by atoms with Crippen molar-refractivity contribution in [2.75, 3.05) is 19.0 Å². The van der Waals surface area contributed by atoms with Crippen LogP contribution in [0.3, 0.4) is 0 Å². The first-order chi connectivity index (χ1) is 13.6. The Labute approximate surface area is 166 Å².